The van der Waals surface area contributed by atoms with Gasteiger partial charge in [-0.25, -0.2) is 4.39 Å². The first-order valence-electron chi connectivity index (χ1n) is 6.98. The van der Waals surface area contributed by atoms with E-state index in [1.54, 1.807) is 6.92 Å². The van der Waals surface area contributed by atoms with E-state index in [2.05, 4.69) is 10.6 Å². The molecule has 0 radical (unpaired) electrons. The van der Waals surface area contributed by atoms with E-state index in [0.717, 1.165) is 31.7 Å². The number of nitro groups is 1. The number of benzene rings is 1. The smallest absolute Gasteiger partial charge is 0.272 e. The van der Waals surface area contributed by atoms with Crippen LogP contribution in [0.1, 0.15) is 32.6 Å². The summed E-state index contributed by atoms with van der Waals surface area (Å²) in [4.78, 5) is 21.9. The molecule has 0 aromatic heterocycles. The number of carbonyl (C=O) groups is 1. The number of rotatable bonds is 5. The molecule has 1 aromatic rings. The number of nitrogens with one attached hydrogen (secondary N) is 2. The summed E-state index contributed by atoms with van der Waals surface area (Å²) >= 11 is 0. The lowest BCUT2D eigenvalue weighted by atomic mass is 10.2. The van der Waals surface area contributed by atoms with Gasteiger partial charge in [0.15, 0.2) is 5.82 Å². The van der Waals surface area contributed by atoms with E-state index < -0.39 is 16.8 Å². The van der Waals surface area contributed by atoms with E-state index >= 15 is 0 Å². The average Bonchev–Trinajstić information content (AvgIpc) is 2.93. The lowest BCUT2D eigenvalue weighted by molar-refractivity contribution is -0.385. The summed E-state index contributed by atoms with van der Waals surface area (Å²) in [6.07, 6.45) is 4.18. The standard InChI is InChI=1S/C14H18FN3O3/c1-9(14(19)17-10-4-2-3-5-10)16-13-7-6-11(18(20)21)8-12(13)15/h6-10,16H,2-5H2,1H3,(H,17,19). The van der Waals surface area contributed by atoms with Gasteiger partial charge >= 0.3 is 0 Å². The maximum atomic E-state index is 13.7. The van der Waals surface area contributed by atoms with Gasteiger partial charge in [-0.15, -0.1) is 0 Å². The Balaban J connectivity index is 1.96. The van der Waals surface area contributed by atoms with Crippen LogP contribution in [0.4, 0.5) is 15.8 Å². The highest BCUT2D eigenvalue weighted by molar-refractivity contribution is 5.84. The van der Waals surface area contributed by atoms with Crippen molar-refractivity contribution in [3.05, 3.63) is 34.1 Å². The number of hydrogen-bond donors (Lipinski definition) is 2. The quantitative estimate of drug-likeness (QED) is 0.646. The molecule has 6 nitrogen and oxygen atoms in total. The fourth-order valence-electron chi connectivity index (χ4n) is 2.43. The van der Waals surface area contributed by atoms with Gasteiger partial charge in [0, 0.05) is 12.1 Å². The zero-order chi connectivity index (χ0) is 15.4. The summed E-state index contributed by atoms with van der Waals surface area (Å²) in [5.74, 6) is -0.940. The van der Waals surface area contributed by atoms with Crippen molar-refractivity contribution >= 4 is 17.3 Å². The second-order valence-electron chi connectivity index (χ2n) is 5.28. The molecule has 7 heteroatoms. The predicted octanol–water partition coefficient (Wildman–Crippen LogP) is 2.59. The number of nitro benzene ring substituents is 1. The van der Waals surface area contributed by atoms with E-state index in [4.69, 9.17) is 0 Å². The molecule has 1 aromatic carbocycles. The monoisotopic (exact) mass is 295 g/mol. The van der Waals surface area contributed by atoms with Crippen LogP contribution in [-0.2, 0) is 4.79 Å². The Morgan fingerprint density at radius 3 is 2.67 bits per heavy atom. The first-order chi connectivity index (χ1) is 9.97. The molecule has 1 aliphatic rings. The summed E-state index contributed by atoms with van der Waals surface area (Å²) in [7, 11) is 0. The third kappa shape index (κ3) is 3.90. The van der Waals surface area contributed by atoms with E-state index in [1.165, 1.54) is 12.1 Å². The number of amides is 1. The summed E-state index contributed by atoms with van der Waals surface area (Å²) in [5, 5.41) is 16.2. The number of non-ortho nitro benzene ring substituents is 1. The van der Waals surface area contributed by atoms with E-state index in [1.807, 2.05) is 0 Å². The van der Waals surface area contributed by atoms with Gasteiger partial charge in [0.25, 0.3) is 5.69 Å². The number of carbonyl (C=O) groups excluding carboxylic acids is 1. The van der Waals surface area contributed by atoms with Crippen LogP contribution in [0.25, 0.3) is 0 Å². The Bertz CT molecular complexity index is 544. The zero-order valence-corrected chi connectivity index (χ0v) is 11.8. The van der Waals surface area contributed by atoms with Gasteiger partial charge in [0.1, 0.15) is 6.04 Å². The van der Waals surface area contributed by atoms with Gasteiger partial charge in [-0.1, -0.05) is 12.8 Å². The second-order valence-corrected chi connectivity index (χ2v) is 5.28. The van der Waals surface area contributed by atoms with Crippen molar-refractivity contribution in [2.45, 2.75) is 44.7 Å². The highest BCUT2D eigenvalue weighted by Gasteiger charge is 2.21. The maximum Gasteiger partial charge on any atom is 0.272 e. The van der Waals surface area contributed by atoms with Crippen LogP contribution in [0, 0.1) is 15.9 Å². The Morgan fingerprint density at radius 2 is 2.10 bits per heavy atom. The number of halogens is 1. The molecule has 2 rings (SSSR count). The first-order valence-corrected chi connectivity index (χ1v) is 6.98. The molecule has 0 saturated heterocycles. The average molecular weight is 295 g/mol. The van der Waals surface area contributed by atoms with Crippen LogP contribution < -0.4 is 10.6 Å². The van der Waals surface area contributed by atoms with Gasteiger partial charge < -0.3 is 10.6 Å². The fourth-order valence-corrected chi connectivity index (χ4v) is 2.43. The van der Waals surface area contributed by atoms with Crippen molar-refractivity contribution in [1.29, 1.82) is 0 Å². The molecule has 0 heterocycles. The Morgan fingerprint density at radius 1 is 1.43 bits per heavy atom. The van der Waals surface area contributed by atoms with Gasteiger partial charge in [0.2, 0.25) is 5.91 Å². The minimum atomic E-state index is -0.746. The zero-order valence-electron chi connectivity index (χ0n) is 11.8. The molecule has 1 saturated carbocycles. The van der Waals surface area contributed by atoms with Crippen LogP contribution in [0.2, 0.25) is 0 Å². The number of anilines is 1. The molecule has 1 aliphatic carbocycles. The van der Waals surface area contributed by atoms with Crippen molar-refractivity contribution in [2.24, 2.45) is 0 Å². The third-order valence-corrected chi connectivity index (χ3v) is 3.63. The van der Waals surface area contributed by atoms with Crippen molar-refractivity contribution in [3.8, 4) is 0 Å². The molecule has 1 fully saturated rings. The Labute approximate surface area is 121 Å². The van der Waals surface area contributed by atoms with Crippen LogP contribution in [-0.4, -0.2) is 22.9 Å². The van der Waals surface area contributed by atoms with Crippen LogP contribution in [0.3, 0.4) is 0 Å². The highest BCUT2D eigenvalue weighted by Crippen LogP contribution is 2.21. The summed E-state index contributed by atoms with van der Waals surface area (Å²) in [5.41, 5.74) is -0.240. The number of nitrogens with zero attached hydrogens (tertiary/aromatic N) is 1. The molecule has 0 spiro atoms. The lowest BCUT2D eigenvalue weighted by Gasteiger charge is -2.18. The van der Waals surface area contributed by atoms with Crippen LogP contribution in [0.15, 0.2) is 18.2 Å². The fraction of sp³-hybridized carbons (Fsp3) is 0.500. The second kappa shape index (κ2) is 6.51. The molecular weight excluding hydrogens is 277 g/mol. The summed E-state index contributed by atoms with van der Waals surface area (Å²) < 4.78 is 13.7. The van der Waals surface area contributed by atoms with Crippen molar-refractivity contribution in [3.63, 3.8) is 0 Å². The number of hydrogen-bond acceptors (Lipinski definition) is 4. The molecule has 1 atom stereocenters. The van der Waals surface area contributed by atoms with Crippen molar-refractivity contribution < 1.29 is 14.1 Å². The predicted molar refractivity (Wildman–Crippen MR) is 76.5 cm³/mol. The van der Waals surface area contributed by atoms with E-state index in [0.29, 0.717) is 0 Å². The topological polar surface area (TPSA) is 84.3 Å². The molecule has 2 N–H and O–H groups in total. The lowest BCUT2D eigenvalue weighted by Crippen LogP contribution is -2.42. The van der Waals surface area contributed by atoms with Gasteiger partial charge in [-0.3, -0.25) is 14.9 Å². The van der Waals surface area contributed by atoms with Gasteiger partial charge in [-0.2, -0.15) is 0 Å². The molecule has 0 bridgehead atoms. The SMILES string of the molecule is CC(Nc1ccc([N+](=O)[O-])cc1F)C(=O)NC1CCCC1. The molecular formula is C14H18FN3O3. The molecule has 21 heavy (non-hydrogen) atoms. The summed E-state index contributed by atoms with van der Waals surface area (Å²) in [6.45, 7) is 1.63. The maximum absolute atomic E-state index is 13.7. The molecule has 1 amide bonds. The summed E-state index contributed by atoms with van der Waals surface area (Å²) in [6, 6.07) is 2.90. The van der Waals surface area contributed by atoms with Crippen LogP contribution in [0.5, 0.6) is 0 Å². The largest absolute Gasteiger partial charge is 0.372 e. The van der Waals surface area contributed by atoms with E-state index in [9.17, 15) is 19.3 Å². The molecule has 1 unspecified atom stereocenters. The normalized spacial score (nSPS) is 16.5. The van der Waals surface area contributed by atoms with Crippen molar-refractivity contribution in [2.75, 3.05) is 5.32 Å². The molecule has 0 aliphatic heterocycles. The minimum Gasteiger partial charge on any atom is -0.372 e. The third-order valence-electron chi connectivity index (χ3n) is 3.63. The van der Waals surface area contributed by atoms with Crippen LogP contribution >= 0.6 is 0 Å². The van der Waals surface area contributed by atoms with Crippen molar-refractivity contribution in [1.82, 2.24) is 5.32 Å². The highest BCUT2D eigenvalue weighted by atomic mass is 19.1. The minimum absolute atomic E-state index is 0.0784. The van der Waals surface area contributed by atoms with E-state index in [-0.39, 0.29) is 23.3 Å². The molecule has 114 valence electrons. The van der Waals surface area contributed by atoms with Gasteiger partial charge in [-0.05, 0) is 25.8 Å². The first kappa shape index (κ1) is 15.2. The van der Waals surface area contributed by atoms with Gasteiger partial charge in [0.05, 0.1) is 16.7 Å². The Hall–Kier alpha value is -2.18. The Kier molecular flexibility index (Phi) is 4.72.